The van der Waals surface area contributed by atoms with Crippen LogP contribution in [-0.2, 0) is 0 Å². The number of carbonyl (C=O) groups excluding carboxylic acids is 2. The summed E-state index contributed by atoms with van der Waals surface area (Å²) in [5, 5.41) is 0. The zero-order chi connectivity index (χ0) is 20.1. The van der Waals surface area contributed by atoms with Crippen LogP contribution in [0.3, 0.4) is 0 Å². The van der Waals surface area contributed by atoms with E-state index >= 15 is 0 Å². The van der Waals surface area contributed by atoms with Crippen molar-refractivity contribution in [3.8, 4) is 28.7 Å². The van der Waals surface area contributed by atoms with Crippen molar-refractivity contribution in [3.05, 3.63) is 41.5 Å². The van der Waals surface area contributed by atoms with Crippen LogP contribution in [0.25, 0.3) is 0 Å². The number of fused-ring (bicyclic) bond motifs is 1. The predicted octanol–water partition coefficient (Wildman–Crippen LogP) is 3.33. The summed E-state index contributed by atoms with van der Waals surface area (Å²) in [5.41, 5.74) is 0.825. The van der Waals surface area contributed by atoms with Crippen molar-refractivity contribution in [2.45, 2.75) is 12.8 Å². The van der Waals surface area contributed by atoms with Gasteiger partial charge >= 0.3 is 0 Å². The number of ketones is 2. The van der Waals surface area contributed by atoms with Crippen molar-refractivity contribution in [1.82, 2.24) is 0 Å². The molecule has 0 aromatic heterocycles. The van der Waals surface area contributed by atoms with Gasteiger partial charge in [0.25, 0.3) is 0 Å². The van der Waals surface area contributed by atoms with E-state index in [4.69, 9.17) is 23.7 Å². The molecule has 1 aliphatic heterocycles. The van der Waals surface area contributed by atoms with Gasteiger partial charge in [0.2, 0.25) is 11.5 Å². The highest BCUT2D eigenvalue weighted by atomic mass is 16.6. The second kappa shape index (κ2) is 8.65. The Bertz CT molecular complexity index is 871. The molecule has 0 radical (unpaired) electrons. The van der Waals surface area contributed by atoms with Crippen LogP contribution in [0.1, 0.15) is 33.6 Å². The van der Waals surface area contributed by atoms with Crippen LogP contribution < -0.4 is 23.7 Å². The van der Waals surface area contributed by atoms with Crippen molar-refractivity contribution in [2.24, 2.45) is 0 Å². The molecule has 2 aromatic rings. The number of Topliss-reactive ketones (excluding diaryl/α,β-unsaturated/α-hetero) is 2. The Labute approximate surface area is 163 Å². The average molecular weight is 386 g/mol. The van der Waals surface area contributed by atoms with Crippen LogP contribution in [0.4, 0.5) is 0 Å². The smallest absolute Gasteiger partial charge is 0.208 e. The molecule has 1 aliphatic rings. The summed E-state index contributed by atoms with van der Waals surface area (Å²) < 4.78 is 27.0. The van der Waals surface area contributed by atoms with Crippen LogP contribution in [0, 0.1) is 0 Å². The lowest BCUT2D eigenvalue weighted by Crippen LogP contribution is -2.18. The molecule has 148 valence electrons. The van der Waals surface area contributed by atoms with Crippen LogP contribution in [0.2, 0.25) is 0 Å². The van der Waals surface area contributed by atoms with Gasteiger partial charge in [0.15, 0.2) is 23.1 Å². The van der Waals surface area contributed by atoms with E-state index in [1.807, 2.05) is 0 Å². The molecule has 0 N–H and O–H groups in total. The lowest BCUT2D eigenvalue weighted by atomic mass is 10.00. The topological polar surface area (TPSA) is 80.3 Å². The molecule has 0 aliphatic carbocycles. The standard InChI is InChI=1S/C21H22O7/c1-24-14-6-4-13(5-7-14)16(22)8-9-17(23)15-12-18(25-2)20-21(19(15)26-3)28-11-10-27-20/h4-7,12H,8-11H2,1-3H3. The van der Waals surface area contributed by atoms with Crippen molar-refractivity contribution in [1.29, 1.82) is 0 Å². The molecule has 0 atom stereocenters. The second-order valence-electron chi connectivity index (χ2n) is 6.09. The van der Waals surface area contributed by atoms with Gasteiger partial charge in [-0.2, -0.15) is 0 Å². The van der Waals surface area contributed by atoms with Gasteiger partial charge in [-0.05, 0) is 30.3 Å². The summed E-state index contributed by atoms with van der Waals surface area (Å²) in [7, 11) is 4.51. The minimum atomic E-state index is -0.242. The minimum absolute atomic E-state index is 0.0318. The molecule has 28 heavy (non-hydrogen) atoms. The minimum Gasteiger partial charge on any atom is -0.497 e. The van der Waals surface area contributed by atoms with E-state index in [-0.39, 0.29) is 30.2 Å². The lowest BCUT2D eigenvalue weighted by molar-refractivity contribution is 0.0914. The SMILES string of the molecule is COc1ccc(C(=O)CCC(=O)c2cc(OC)c3c(c2OC)OCCO3)cc1. The van der Waals surface area contributed by atoms with Crippen molar-refractivity contribution in [3.63, 3.8) is 0 Å². The summed E-state index contributed by atoms with van der Waals surface area (Å²) >= 11 is 0. The highest BCUT2D eigenvalue weighted by Gasteiger charge is 2.28. The Morgan fingerprint density at radius 1 is 0.857 bits per heavy atom. The summed E-state index contributed by atoms with van der Waals surface area (Å²) in [4.78, 5) is 25.2. The molecule has 0 saturated carbocycles. The second-order valence-corrected chi connectivity index (χ2v) is 6.09. The number of rotatable bonds is 8. The summed E-state index contributed by atoms with van der Waals surface area (Å²) in [6.45, 7) is 0.732. The van der Waals surface area contributed by atoms with Gasteiger partial charge in [0, 0.05) is 18.4 Å². The number of carbonyl (C=O) groups is 2. The molecule has 0 spiro atoms. The summed E-state index contributed by atoms with van der Waals surface area (Å²) in [6, 6.07) is 8.35. The Morgan fingerprint density at radius 3 is 2.11 bits per heavy atom. The fourth-order valence-corrected chi connectivity index (χ4v) is 3.00. The summed E-state index contributed by atoms with van der Waals surface area (Å²) in [6.07, 6.45) is 0.106. The molecule has 3 rings (SSSR count). The van der Waals surface area contributed by atoms with Gasteiger partial charge in [-0.25, -0.2) is 0 Å². The number of hydrogen-bond acceptors (Lipinski definition) is 7. The number of benzene rings is 2. The maximum atomic E-state index is 12.8. The Balaban J connectivity index is 1.79. The van der Waals surface area contributed by atoms with E-state index in [0.717, 1.165) is 0 Å². The van der Waals surface area contributed by atoms with E-state index in [0.29, 0.717) is 47.3 Å². The Hall–Kier alpha value is -3.22. The average Bonchev–Trinajstić information content (AvgIpc) is 2.75. The molecule has 0 bridgehead atoms. The Morgan fingerprint density at radius 2 is 1.50 bits per heavy atom. The first-order valence-electron chi connectivity index (χ1n) is 8.84. The normalized spacial score (nSPS) is 12.2. The third-order valence-electron chi connectivity index (χ3n) is 4.45. The number of ether oxygens (including phenoxy) is 5. The van der Waals surface area contributed by atoms with Crippen LogP contribution in [-0.4, -0.2) is 46.1 Å². The number of hydrogen-bond donors (Lipinski definition) is 0. The van der Waals surface area contributed by atoms with Crippen molar-refractivity contribution in [2.75, 3.05) is 34.5 Å². The monoisotopic (exact) mass is 386 g/mol. The van der Waals surface area contributed by atoms with E-state index in [2.05, 4.69) is 0 Å². The molecular formula is C21H22O7. The summed E-state index contributed by atoms with van der Waals surface area (Å²) in [5.74, 6) is 1.74. The first kappa shape index (κ1) is 19.5. The molecule has 7 nitrogen and oxygen atoms in total. The Kier molecular flexibility index (Phi) is 6.03. The highest BCUT2D eigenvalue weighted by molar-refractivity contribution is 6.04. The zero-order valence-corrected chi connectivity index (χ0v) is 16.1. The van der Waals surface area contributed by atoms with E-state index in [1.54, 1.807) is 37.4 Å². The van der Waals surface area contributed by atoms with Gasteiger partial charge in [-0.15, -0.1) is 0 Å². The van der Waals surface area contributed by atoms with Crippen molar-refractivity contribution >= 4 is 11.6 Å². The first-order chi connectivity index (χ1) is 13.6. The van der Waals surface area contributed by atoms with E-state index < -0.39 is 0 Å². The van der Waals surface area contributed by atoms with Crippen LogP contribution in [0.5, 0.6) is 28.7 Å². The van der Waals surface area contributed by atoms with E-state index in [9.17, 15) is 9.59 Å². The van der Waals surface area contributed by atoms with Gasteiger partial charge in [0.1, 0.15) is 19.0 Å². The molecular weight excluding hydrogens is 364 g/mol. The van der Waals surface area contributed by atoms with Crippen LogP contribution in [0.15, 0.2) is 30.3 Å². The molecule has 1 heterocycles. The van der Waals surface area contributed by atoms with Crippen molar-refractivity contribution < 1.29 is 33.3 Å². The lowest BCUT2D eigenvalue weighted by Gasteiger charge is -2.24. The van der Waals surface area contributed by atoms with Gasteiger partial charge in [0.05, 0.1) is 26.9 Å². The predicted molar refractivity (Wildman–Crippen MR) is 101 cm³/mol. The maximum absolute atomic E-state index is 12.8. The molecule has 2 aromatic carbocycles. The first-order valence-corrected chi connectivity index (χ1v) is 8.84. The third kappa shape index (κ3) is 3.88. The van der Waals surface area contributed by atoms with Crippen LogP contribution >= 0.6 is 0 Å². The van der Waals surface area contributed by atoms with Gasteiger partial charge in [-0.1, -0.05) is 0 Å². The molecule has 0 amide bonds. The fourth-order valence-electron chi connectivity index (χ4n) is 3.00. The highest BCUT2D eigenvalue weighted by Crippen LogP contribution is 2.48. The molecule has 7 heteroatoms. The molecule has 0 fully saturated rings. The van der Waals surface area contributed by atoms with E-state index in [1.165, 1.54) is 14.2 Å². The zero-order valence-electron chi connectivity index (χ0n) is 16.1. The van der Waals surface area contributed by atoms with Gasteiger partial charge < -0.3 is 23.7 Å². The number of methoxy groups -OCH3 is 3. The molecule has 0 saturated heterocycles. The fraction of sp³-hybridized carbons (Fsp3) is 0.333. The largest absolute Gasteiger partial charge is 0.497 e. The maximum Gasteiger partial charge on any atom is 0.208 e. The molecule has 0 unspecified atom stereocenters. The van der Waals surface area contributed by atoms with Gasteiger partial charge in [-0.3, -0.25) is 9.59 Å². The third-order valence-corrected chi connectivity index (χ3v) is 4.45. The quantitative estimate of drug-likeness (QED) is 0.644.